The summed E-state index contributed by atoms with van der Waals surface area (Å²) in [6.07, 6.45) is 2.46. The van der Waals surface area contributed by atoms with Crippen molar-refractivity contribution >= 4 is 11.8 Å². The largest absolute Gasteiger partial charge is 0.478 e. The lowest BCUT2D eigenvalue weighted by atomic mass is 10.1. The normalized spacial score (nSPS) is 11.0. The van der Waals surface area contributed by atoms with Gasteiger partial charge in [0, 0.05) is 25.2 Å². The van der Waals surface area contributed by atoms with E-state index < -0.39 is 11.8 Å². The van der Waals surface area contributed by atoms with Crippen molar-refractivity contribution in [3.63, 3.8) is 0 Å². The molecule has 0 saturated heterocycles. The average molecular weight is 502 g/mol. The third-order valence-electron chi connectivity index (χ3n) is 5.67. The second-order valence-electron chi connectivity index (χ2n) is 8.28. The highest BCUT2D eigenvalue weighted by Gasteiger charge is 2.19. The third-order valence-corrected chi connectivity index (χ3v) is 5.67. The predicted molar refractivity (Wildman–Crippen MR) is 130 cm³/mol. The van der Waals surface area contributed by atoms with Crippen LogP contribution in [0.5, 0.6) is 0 Å². The first-order valence-electron chi connectivity index (χ1n) is 11.2. The number of anilines is 1. The molecule has 0 aliphatic heterocycles. The van der Waals surface area contributed by atoms with Gasteiger partial charge in [-0.25, -0.2) is 23.5 Å². The van der Waals surface area contributed by atoms with Crippen LogP contribution in [0.2, 0.25) is 0 Å². The van der Waals surface area contributed by atoms with Crippen LogP contribution in [-0.2, 0) is 13.1 Å². The zero-order valence-electron chi connectivity index (χ0n) is 19.5. The van der Waals surface area contributed by atoms with E-state index in [9.17, 15) is 18.7 Å². The number of carboxylic acid groups (broad SMARTS) is 1. The fourth-order valence-electron chi connectivity index (χ4n) is 3.89. The van der Waals surface area contributed by atoms with Crippen molar-refractivity contribution in [3.8, 4) is 22.9 Å². The molecule has 186 valence electrons. The van der Waals surface area contributed by atoms with Crippen LogP contribution in [0.1, 0.15) is 21.5 Å². The minimum Gasteiger partial charge on any atom is -0.478 e. The van der Waals surface area contributed by atoms with Gasteiger partial charge < -0.3 is 14.5 Å². The fraction of sp³-hybridized carbons (Fsp3) is 0.115. The maximum Gasteiger partial charge on any atom is 0.335 e. The zero-order valence-corrected chi connectivity index (χ0v) is 19.5. The van der Waals surface area contributed by atoms with Gasteiger partial charge in [-0.3, -0.25) is 4.68 Å². The molecule has 0 unspecified atom stereocenters. The molecule has 9 nitrogen and oxygen atoms in total. The van der Waals surface area contributed by atoms with E-state index in [-0.39, 0.29) is 36.1 Å². The summed E-state index contributed by atoms with van der Waals surface area (Å²) in [6, 6.07) is 16.1. The molecule has 5 aromatic rings. The first-order valence-corrected chi connectivity index (χ1v) is 11.2. The van der Waals surface area contributed by atoms with Gasteiger partial charge in [0.2, 0.25) is 0 Å². The topological polar surface area (TPSA) is 110 Å². The smallest absolute Gasteiger partial charge is 0.335 e. The van der Waals surface area contributed by atoms with Crippen molar-refractivity contribution in [2.75, 3.05) is 11.9 Å². The fourth-order valence-corrected chi connectivity index (χ4v) is 3.89. The Kier molecular flexibility index (Phi) is 6.42. The summed E-state index contributed by atoms with van der Waals surface area (Å²) in [5, 5.41) is 17.8. The van der Waals surface area contributed by atoms with E-state index in [1.165, 1.54) is 24.5 Å². The summed E-state index contributed by atoms with van der Waals surface area (Å²) >= 11 is 0. The number of aromatic carboxylic acids is 1. The number of nitrogens with zero attached hydrogens (tertiary/aromatic N) is 6. The van der Waals surface area contributed by atoms with Crippen LogP contribution in [0.3, 0.4) is 0 Å². The molecule has 0 radical (unpaired) electrons. The molecule has 37 heavy (non-hydrogen) atoms. The number of benzene rings is 2. The van der Waals surface area contributed by atoms with Crippen molar-refractivity contribution in [1.82, 2.24) is 24.9 Å². The summed E-state index contributed by atoms with van der Waals surface area (Å²) in [5.74, 6) is -1.91. The summed E-state index contributed by atoms with van der Waals surface area (Å²) in [4.78, 5) is 21.3. The SMILES string of the molecule is CN(Cc1cccc(C(=O)O)c1)c1nc(-c2cc(-c3ccon3)n(Cc3ccccc3F)n2)ncc1F. The Morgan fingerprint density at radius 1 is 1.05 bits per heavy atom. The van der Waals surface area contributed by atoms with Crippen molar-refractivity contribution in [3.05, 3.63) is 101 Å². The highest BCUT2D eigenvalue weighted by Crippen LogP contribution is 2.27. The lowest BCUT2D eigenvalue weighted by Crippen LogP contribution is -2.20. The Hall–Kier alpha value is -4.93. The van der Waals surface area contributed by atoms with E-state index in [1.807, 2.05) is 0 Å². The molecule has 0 fully saturated rings. The highest BCUT2D eigenvalue weighted by atomic mass is 19.1. The summed E-state index contributed by atoms with van der Waals surface area (Å²) < 4.78 is 35.6. The number of hydrogen-bond acceptors (Lipinski definition) is 7. The van der Waals surface area contributed by atoms with Gasteiger partial charge in [-0.05, 0) is 29.8 Å². The Balaban J connectivity index is 1.48. The number of aromatic nitrogens is 5. The molecule has 5 rings (SSSR count). The standard InChI is InChI=1S/C26H20F2N6O3/c1-33(14-16-5-4-7-17(11-16)26(35)36)25-20(28)13-29-24(30-25)22-12-23(21-9-10-37-32-21)34(31-22)15-18-6-2-3-8-19(18)27/h2-13H,14-15H2,1H3,(H,35,36). The van der Waals surface area contributed by atoms with Crippen molar-refractivity contribution < 1.29 is 23.2 Å². The van der Waals surface area contributed by atoms with E-state index >= 15 is 0 Å². The molecule has 11 heteroatoms. The van der Waals surface area contributed by atoms with Crippen LogP contribution in [-0.4, -0.2) is 43.0 Å². The molecular formula is C26H20F2N6O3. The van der Waals surface area contributed by atoms with Crippen LogP contribution in [0.15, 0.2) is 77.6 Å². The first kappa shape index (κ1) is 23.8. The van der Waals surface area contributed by atoms with Gasteiger partial charge in [-0.2, -0.15) is 5.10 Å². The molecule has 1 N–H and O–H groups in total. The lowest BCUT2D eigenvalue weighted by molar-refractivity contribution is 0.0696. The zero-order chi connectivity index (χ0) is 25.9. The summed E-state index contributed by atoms with van der Waals surface area (Å²) in [5.41, 5.74) is 2.58. The number of rotatable bonds is 8. The summed E-state index contributed by atoms with van der Waals surface area (Å²) in [6.45, 7) is 0.323. The van der Waals surface area contributed by atoms with Gasteiger partial charge in [-0.1, -0.05) is 35.5 Å². The minimum atomic E-state index is -1.05. The molecule has 0 bridgehead atoms. The van der Waals surface area contributed by atoms with Gasteiger partial charge in [0.15, 0.2) is 17.5 Å². The Morgan fingerprint density at radius 3 is 2.65 bits per heavy atom. The number of halogens is 2. The van der Waals surface area contributed by atoms with E-state index in [4.69, 9.17) is 4.52 Å². The predicted octanol–water partition coefficient (Wildman–Crippen LogP) is 4.66. The second kappa shape index (κ2) is 9.97. The molecule has 0 atom stereocenters. The molecule has 0 amide bonds. The third kappa shape index (κ3) is 5.06. The van der Waals surface area contributed by atoms with Crippen LogP contribution in [0.4, 0.5) is 14.6 Å². The maximum atomic E-state index is 14.7. The van der Waals surface area contributed by atoms with Crippen molar-refractivity contribution in [1.29, 1.82) is 0 Å². The van der Waals surface area contributed by atoms with E-state index in [0.29, 0.717) is 28.2 Å². The first-order chi connectivity index (χ1) is 17.9. The lowest BCUT2D eigenvalue weighted by Gasteiger charge is -2.19. The number of carboxylic acids is 1. The second-order valence-corrected chi connectivity index (χ2v) is 8.28. The monoisotopic (exact) mass is 502 g/mol. The summed E-state index contributed by atoms with van der Waals surface area (Å²) in [7, 11) is 1.64. The van der Waals surface area contributed by atoms with Crippen LogP contribution in [0, 0.1) is 11.6 Å². The van der Waals surface area contributed by atoms with Gasteiger partial charge >= 0.3 is 5.97 Å². The highest BCUT2D eigenvalue weighted by molar-refractivity contribution is 5.87. The number of carbonyl (C=O) groups is 1. The van der Waals surface area contributed by atoms with Crippen LogP contribution in [0.25, 0.3) is 22.9 Å². The van der Waals surface area contributed by atoms with E-state index in [1.54, 1.807) is 59.1 Å². The van der Waals surface area contributed by atoms with Gasteiger partial charge in [0.25, 0.3) is 0 Å². The molecule has 0 aliphatic carbocycles. The molecular weight excluding hydrogens is 482 g/mol. The maximum absolute atomic E-state index is 14.7. The molecule has 0 aliphatic rings. The Bertz CT molecular complexity index is 1570. The average Bonchev–Trinajstić information content (AvgIpc) is 3.56. The van der Waals surface area contributed by atoms with E-state index in [2.05, 4.69) is 20.2 Å². The molecule has 2 aromatic carbocycles. The molecule has 3 aromatic heterocycles. The quantitative estimate of drug-likeness (QED) is 0.326. The van der Waals surface area contributed by atoms with Crippen LogP contribution >= 0.6 is 0 Å². The minimum absolute atomic E-state index is 0.0115. The Labute approximate surface area is 209 Å². The van der Waals surface area contributed by atoms with Gasteiger partial charge in [0.05, 0.1) is 24.0 Å². The molecule has 3 heterocycles. The van der Waals surface area contributed by atoms with Crippen molar-refractivity contribution in [2.24, 2.45) is 0 Å². The molecule has 0 spiro atoms. The number of hydrogen-bond donors (Lipinski definition) is 1. The van der Waals surface area contributed by atoms with Crippen molar-refractivity contribution in [2.45, 2.75) is 13.1 Å². The van der Waals surface area contributed by atoms with E-state index in [0.717, 1.165) is 6.20 Å². The molecule has 0 saturated carbocycles. The van der Waals surface area contributed by atoms with Gasteiger partial charge in [0.1, 0.15) is 23.5 Å². The Morgan fingerprint density at radius 2 is 1.89 bits per heavy atom. The van der Waals surface area contributed by atoms with Crippen LogP contribution < -0.4 is 4.90 Å². The van der Waals surface area contributed by atoms with Gasteiger partial charge in [-0.15, -0.1) is 0 Å².